The fourth-order valence-electron chi connectivity index (χ4n) is 2.01. The van der Waals surface area contributed by atoms with Crippen LogP contribution in [0, 0.1) is 11.6 Å². The first kappa shape index (κ1) is 14.2. The molecular formula is C13H18F2N2O2. The lowest BCUT2D eigenvalue weighted by atomic mass is 10.2. The summed E-state index contributed by atoms with van der Waals surface area (Å²) in [5, 5.41) is 12.6. The highest BCUT2D eigenvalue weighted by molar-refractivity contribution is 5.44. The van der Waals surface area contributed by atoms with Crippen molar-refractivity contribution in [1.82, 2.24) is 4.90 Å². The van der Waals surface area contributed by atoms with Crippen LogP contribution in [0.3, 0.4) is 0 Å². The molecule has 1 heterocycles. The van der Waals surface area contributed by atoms with E-state index in [1.807, 2.05) is 0 Å². The summed E-state index contributed by atoms with van der Waals surface area (Å²) < 4.78 is 31.3. The van der Waals surface area contributed by atoms with Gasteiger partial charge in [0, 0.05) is 32.2 Å². The highest BCUT2D eigenvalue weighted by Crippen LogP contribution is 2.14. The van der Waals surface area contributed by atoms with Gasteiger partial charge in [-0.1, -0.05) is 0 Å². The number of nitrogens with one attached hydrogen (secondary N) is 1. The molecule has 0 saturated carbocycles. The summed E-state index contributed by atoms with van der Waals surface area (Å²) in [4.78, 5) is 2.09. The first-order valence-corrected chi connectivity index (χ1v) is 6.32. The molecule has 0 bridgehead atoms. The second-order valence-electron chi connectivity index (χ2n) is 4.57. The van der Waals surface area contributed by atoms with Crippen molar-refractivity contribution in [2.45, 2.75) is 6.10 Å². The minimum Gasteiger partial charge on any atom is -0.390 e. The minimum absolute atomic E-state index is 0.197. The van der Waals surface area contributed by atoms with Gasteiger partial charge in [-0.25, -0.2) is 8.78 Å². The summed E-state index contributed by atoms with van der Waals surface area (Å²) in [5.41, 5.74) is 0.197. The molecule has 106 valence electrons. The number of anilines is 1. The van der Waals surface area contributed by atoms with Crippen LogP contribution in [0.25, 0.3) is 0 Å². The van der Waals surface area contributed by atoms with Gasteiger partial charge in [-0.15, -0.1) is 0 Å². The second-order valence-corrected chi connectivity index (χ2v) is 4.57. The molecule has 1 aromatic rings. The van der Waals surface area contributed by atoms with E-state index in [1.165, 1.54) is 12.1 Å². The Hall–Kier alpha value is -1.24. The van der Waals surface area contributed by atoms with Gasteiger partial charge in [0.2, 0.25) is 0 Å². The van der Waals surface area contributed by atoms with E-state index in [0.717, 1.165) is 19.2 Å². The van der Waals surface area contributed by atoms with Crippen molar-refractivity contribution >= 4 is 5.69 Å². The Kier molecular flexibility index (Phi) is 5.07. The van der Waals surface area contributed by atoms with Crippen molar-refractivity contribution in [2.24, 2.45) is 0 Å². The highest BCUT2D eigenvalue weighted by Gasteiger charge is 2.15. The maximum Gasteiger partial charge on any atom is 0.149 e. The third-order valence-electron chi connectivity index (χ3n) is 3.03. The molecule has 4 nitrogen and oxygen atoms in total. The number of halogens is 2. The molecule has 1 unspecified atom stereocenters. The van der Waals surface area contributed by atoms with E-state index in [9.17, 15) is 13.9 Å². The second kappa shape index (κ2) is 6.79. The maximum absolute atomic E-state index is 13.3. The maximum atomic E-state index is 13.3. The van der Waals surface area contributed by atoms with Crippen LogP contribution < -0.4 is 5.32 Å². The molecule has 6 heteroatoms. The summed E-state index contributed by atoms with van der Waals surface area (Å²) >= 11 is 0. The third kappa shape index (κ3) is 4.41. The van der Waals surface area contributed by atoms with Crippen LogP contribution in [0.5, 0.6) is 0 Å². The van der Waals surface area contributed by atoms with Gasteiger partial charge >= 0.3 is 0 Å². The molecule has 1 atom stereocenters. The number of rotatable bonds is 5. The van der Waals surface area contributed by atoms with Crippen molar-refractivity contribution in [2.75, 3.05) is 44.7 Å². The number of benzene rings is 1. The fourth-order valence-corrected chi connectivity index (χ4v) is 2.01. The average molecular weight is 272 g/mol. The molecule has 0 amide bonds. The molecule has 2 N–H and O–H groups in total. The molecule has 1 fully saturated rings. The van der Waals surface area contributed by atoms with Crippen molar-refractivity contribution in [3.63, 3.8) is 0 Å². The van der Waals surface area contributed by atoms with Crippen LogP contribution in [0.2, 0.25) is 0 Å². The van der Waals surface area contributed by atoms with E-state index < -0.39 is 17.7 Å². The average Bonchev–Trinajstić information content (AvgIpc) is 2.39. The van der Waals surface area contributed by atoms with E-state index in [4.69, 9.17) is 4.74 Å². The molecule has 19 heavy (non-hydrogen) atoms. The zero-order valence-corrected chi connectivity index (χ0v) is 10.6. The Morgan fingerprint density at radius 2 is 2.05 bits per heavy atom. The SMILES string of the molecule is OC(CNc1ccc(F)cc1F)CN1CCOCC1. The van der Waals surface area contributed by atoms with E-state index in [0.29, 0.717) is 19.8 Å². The number of aliphatic hydroxyl groups excluding tert-OH is 1. The molecule has 1 aromatic carbocycles. The summed E-state index contributed by atoms with van der Waals surface area (Å²) in [5.74, 6) is -1.27. The Balaban J connectivity index is 1.77. The van der Waals surface area contributed by atoms with Crippen LogP contribution in [-0.2, 0) is 4.74 Å². The number of β-amino-alcohol motifs (C(OH)–C–C–N with tert-alkyl or cyclic N) is 1. The van der Waals surface area contributed by atoms with Gasteiger partial charge in [0.15, 0.2) is 0 Å². The summed E-state index contributed by atoms with van der Waals surface area (Å²) in [6.45, 7) is 3.67. The van der Waals surface area contributed by atoms with Gasteiger partial charge in [-0.3, -0.25) is 4.90 Å². The molecule has 0 aromatic heterocycles. The quantitative estimate of drug-likeness (QED) is 0.841. The standard InChI is InChI=1S/C13H18F2N2O2/c14-10-1-2-13(12(15)7-10)16-8-11(18)9-17-3-5-19-6-4-17/h1-2,7,11,16,18H,3-6,8-9H2. The largest absolute Gasteiger partial charge is 0.390 e. The topological polar surface area (TPSA) is 44.7 Å². The molecule has 0 aliphatic carbocycles. The van der Waals surface area contributed by atoms with Crippen LogP contribution in [-0.4, -0.2) is 55.5 Å². The normalized spacial score (nSPS) is 18.3. The highest BCUT2D eigenvalue weighted by atomic mass is 19.1. The number of morpholine rings is 1. The van der Waals surface area contributed by atoms with Gasteiger partial charge in [-0.05, 0) is 12.1 Å². The Morgan fingerprint density at radius 1 is 1.32 bits per heavy atom. The summed E-state index contributed by atoms with van der Waals surface area (Å²) in [7, 11) is 0. The molecule has 0 spiro atoms. The van der Waals surface area contributed by atoms with Gasteiger partial charge < -0.3 is 15.2 Å². The Labute approximate surface area is 111 Å². The number of ether oxygens (including phenoxy) is 1. The van der Waals surface area contributed by atoms with E-state index in [2.05, 4.69) is 10.2 Å². The predicted molar refractivity (Wildman–Crippen MR) is 68.1 cm³/mol. The molecule has 1 saturated heterocycles. The number of hydrogen-bond acceptors (Lipinski definition) is 4. The van der Waals surface area contributed by atoms with Crippen molar-refractivity contribution in [3.8, 4) is 0 Å². The van der Waals surface area contributed by atoms with Crippen LogP contribution >= 0.6 is 0 Å². The van der Waals surface area contributed by atoms with Crippen LogP contribution in [0.15, 0.2) is 18.2 Å². The zero-order valence-electron chi connectivity index (χ0n) is 10.6. The molecular weight excluding hydrogens is 254 g/mol. The van der Waals surface area contributed by atoms with Gasteiger partial charge in [-0.2, -0.15) is 0 Å². The molecule has 0 radical (unpaired) electrons. The van der Waals surface area contributed by atoms with Gasteiger partial charge in [0.25, 0.3) is 0 Å². The van der Waals surface area contributed by atoms with Crippen molar-refractivity contribution in [1.29, 1.82) is 0 Å². The smallest absolute Gasteiger partial charge is 0.149 e. The minimum atomic E-state index is -0.654. The zero-order chi connectivity index (χ0) is 13.7. The first-order valence-electron chi connectivity index (χ1n) is 6.32. The lowest BCUT2D eigenvalue weighted by Crippen LogP contribution is -2.42. The lowest BCUT2D eigenvalue weighted by Gasteiger charge is -2.28. The first-order chi connectivity index (χ1) is 9.15. The van der Waals surface area contributed by atoms with E-state index in [1.54, 1.807) is 0 Å². The lowest BCUT2D eigenvalue weighted by molar-refractivity contribution is 0.0171. The Bertz CT molecular complexity index is 412. The Morgan fingerprint density at radius 3 is 2.74 bits per heavy atom. The van der Waals surface area contributed by atoms with Crippen molar-refractivity contribution in [3.05, 3.63) is 29.8 Å². The van der Waals surface area contributed by atoms with Crippen LogP contribution in [0.1, 0.15) is 0 Å². The van der Waals surface area contributed by atoms with Crippen molar-refractivity contribution < 1.29 is 18.6 Å². The van der Waals surface area contributed by atoms with Crippen LogP contribution in [0.4, 0.5) is 14.5 Å². The molecule has 1 aliphatic rings. The number of hydrogen-bond donors (Lipinski definition) is 2. The number of aliphatic hydroxyl groups is 1. The van der Waals surface area contributed by atoms with E-state index >= 15 is 0 Å². The van der Waals surface area contributed by atoms with Gasteiger partial charge in [0.05, 0.1) is 25.0 Å². The van der Waals surface area contributed by atoms with E-state index in [-0.39, 0.29) is 12.2 Å². The monoisotopic (exact) mass is 272 g/mol. The summed E-state index contributed by atoms with van der Waals surface area (Å²) in [6.07, 6.45) is -0.609. The third-order valence-corrected chi connectivity index (χ3v) is 3.03. The number of nitrogens with zero attached hydrogens (tertiary/aromatic N) is 1. The summed E-state index contributed by atoms with van der Waals surface area (Å²) in [6, 6.07) is 3.32. The fraction of sp³-hybridized carbons (Fsp3) is 0.538. The predicted octanol–water partition coefficient (Wildman–Crippen LogP) is 1.07. The van der Waals surface area contributed by atoms with Gasteiger partial charge in [0.1, 0.15) is 11.6 Å². The molecule has 2 rings (SSSR count). The molecule has 1 aliphatic heterocycles.